The van der Waals surface area contributed by atoms with Crippen LogP contribution in [-0.2, 0) is 0 Å². The molecule has 1 heterocycles. The Morgan fingerprint density at radius 3 is 1.92 bits per heavy atom. The first-order valence-electron chi connectivity index (χ1n) is 14.2. The molecule has 0 N–H and O–H groups in total. The number of carbonyl (C=O) groups excluding carboxylic acids is 1. The Kier molecular flexibility index (Phi) is 9.96. The Hall–Kier alpha value is -2.46. The van der Waals surface area contributed by atoms with Gasteiger partial charge in [0.25, 0.3) is 0 Å². The summed E-state index contributed by atoms with van der Waals surface area (Å²) in [5.41, 5.74) is 3.68. The Labute approximate surface area is 227 Å². The Bertz CT molecular complexity index is 1280. The van der Waals surface area contributed by atoms with E-state index in [1.54, 1.807) is 0 Å². The molecule has 2 nitrogen and oxygen atoms in total. The summed E-state index contributed by atoms with van der Waals surface area (Å²) < 4.78 is 5.58. The number of hydrogen-bond donors (Lipinski definition) is 0. The predicted molar refractivity (Wildman–Crippen MR) is 162 cm³/mol. The second kappa shape index (κ2) is 13.4. The van der Waals surface area contributed by atoms with Gasteiger partial charge in [0, 0.05) is 0 Å². The molecule has 0 radical (unpaired) electrons. The van der Waals surface area contributed by atoms with Crippen LogP contribution in [-0.4, -0.2) is 29.1 Å². The third kappa shape index (κ3) is 6.17. The van der Waals surface area contributed by atoms with E-state index in [4.69, 9.17) is 4.98 Å². The third-order valence-electron chi connectivity index (χ3n) is 7.83. The van der Waals surface area contributed by atoms with Crippen molar-refractivity contribution in [2.75, 3.05) is 0 Å². The van der Waals surface area contributed by atoms with Crippen LogP contribution in [0.5, 0.6) is 0 Å². The Balaban J connectivity index is 2.12. The second-order valence-corrected chi connectivity index (χ2v) is 23.5. The number of unbranched alkanes of at least 4 members (excludes halogenated alkanes) is 3. The van der Waals surface area contributed by atoms with Crippen LogP contribution in [0.3, 0.4) is 0 Å². The molecule has 1 aromatic heterocycles. The van der Waals surface area contributed by atoms with Gasteiger partial charge in [0.05, 0.1) is 0 Å². The normalized spacial score (nSPS) is 11.6. The van der Waals surface area contributed by atoms with E-state index in [0.29, 0.717) is 0 Å². The van der Waals surface area contributed by atoms with Crippen LogP contribution < -0.4 is 3.58 Å². The number of hydrogen-bond acceptors (Lipinski definition) is 2. The fourth-order valence-electron chi connectivity index (χ4n) is 5.84. The number of rotatable bonds is 13. The molecule has 0 bridgehead atoms. The van der Waals surface area contributed by atoms with E-state index >= 15 is 0 Å². The van der Waals surface area contributed by atoms with Crippen molar-refractivity contribution >= 4 is 38.5 Å². The summed E-state index contributed by atoms with van der Waals surface area (Å²) in [6.07, 6.45) is 9.38. The zero-order chi connectivity index (χ0) is 26.1. The van der Waals surface area contributed by atoms with Crippen LogP contribution in [0.2, 0.25) is 13.3 Å². The van der Waals surface area contributed by atoms with Crippen molar-refractivity contribution in [2.45, 2.75) is 72.6 Å². The van der Waals surface area contributed by atoms with Gasteiger partial charge >= 0.3 is 228 Å². The van der Waals surface area contributed by atoms with Gasteiger partial charge in [0.1, 0.15) is 0 Å². The molecular weight excluding hydrogens is 557 g/mol. The minimum atomic E-state index is -2.96. The molecule has 3 aromatic carbocycles. The van der Waals surface area contributed by atoms with Gasteiger partial charge in [-0.25, -0.2) is 0 Å². The summed E-state index contributed by atoms with van der Waals surface area (Å²) in [5, 5.41) is 2.24. The molecule has 0 unspecified atom stereocenters. The number of benzene rings is 3. The van der Waals surface area contributed by atoms with Crippen molar-refractivity contribution in [3.63, 3.8) is 0 Å². The van der Waals surface area contributed by atoms with E-state index in [0.717, 1.165) is 27.8 Å². The number of aromatic nitrogens is 1. The van der Waals surface area contributed by atoms with Crippen LogP contribution in [0, 0.1) is 0 Å². The van der Waals surface area contributed by atoms with Crippen molar-refractivity contribution in [3.8, 4) is 11.3 Å². The summed E-state index contributed by atoms with van der Waals surface area (Å²) in [4.78, 5) is 19.3. The summed E-state index contributed by atoms with van der Waals surface area (Å²) >= 11 is -2.96. The fourth-order valence-corrected chi connectivity index (χ4v) is 22.7. The summed E-state index contributed by atoms with van der Waals surface area (Å²) in [5.74, 6) is 0.112. The van der Waals surface area contributed by atoms with Crippen molar-refractivity contribution in [3.05, 3.63) is 96.2 Å². The van der Waals surface area contributed by atoms with Gasteiger partial charge in [-0.1, -0.05) is 0 Å². The van der Waals surface area contributed by atoms with Crippen LogP contribution >= 0.6 is 0 Å². The van der Waals surface area contributed by atoms with Crippen LogP contribution in [0.1, 0.15) is 75.2 Å². The number of ketones is 1. The SMILES string of the molecule is CCC[CH2][Sn]([CH2]CCC)([CH2]CCC)[c]1cc2ccccc2c(C(=O)c2ccccc2)c1-c1ccccn1. The summed E-state index contributed by atoms with van der Waals surface area (Å²) in [6, 6.07) is 27.0. The quantitative estimate of drug-likeness (QED) is 0.114. The third-order valence-corrected chi connectivity index (χ3v) is 23.4. The van der Waals surface area contributed by atoms with Gasteiger partial charge in [-0.05, 0) is 0 Å². The van der Waals surface area contributed by atoms with Gasteiger partial charge in [0.15, 0.2) is 0 Å². The number of nitrogens with zero attached hydrogens (tertiary/aromatic N) is 1. The molecule has 4 rings (SSSR count). The van der Waals surface area contributed by atoms with Crippen molar-refractivity contribution in [2.24, 2.45) is 0 Å². The number of carbonyl (C=O) groups is 1. The fraction of sp³-hybridized carbons (Fsp3) is 0.353. The van der Waals surface area contributed by atoms with E-state index in [2.05, 4.69) is 63.2 Å². The van der Waals surface area contributed by atoms with Gasteiger partial charge in [-0.15, -0.1) is 0 Å². The van der Waals surface area contributed by atoms with E-state index in [1.165, 1.54) is 60.8 Å². The molecule has 192 valence electrons. The van der Waals surface area contributed by atoms with E-state index in [-0.39, 0.29) is 5.78 Å². The molecule has 0 aliphatic heterocycles. The minimum absolute atomic E-state index is 0.112. The number of fused-ring (bicyclic) bond motifs is 1. The number of pyridine rings is 1. The monoisotopic (exact) mass is 599 g/mol. The molecule has 4 aromatic rings. The molecule has 0 atom stereocenters. The van der Waals surface area contributed by atoms with Crippen molar-refractivity contribution < 1.29 is 4.79 Å². The maximum atomic E-state index is 14.4. The van der Waals surface area contributed by atoms with Gasteiger partial charge < -0.3 is 0 Å². The van der Waals surface area contributed by atoms with Gasteiger partial charge in [-0.3, -0.25) is 0 Å². The van der Waals surface area contributed by atoms with Gasteiger partial charge in [-0.2, -0.15) is 0 Å². The maximum absolute atomic E-state index is 14.4. The molecule has 0 saturated heterocycles. The molecule has 0 aliphatic rings. The van der Waals surface area contributed by atoms with E-state index < -0.39 is 18.4 Å². The van der Waals surface area contributed by atoms with Crippen LogP contribution in [0.15, 0.2) is 85.1 Å². The topological polar surface area (TPSA) is 30.0 Å². The molecule has 3 heteroatoms. The first kappa shape index (κ1) is 27.6. The molecule has 0 amide bonds. The molecule has 0 aliphatic carbocycles. The molecule has 0 fully saturated rings. The first-order valence-corrected chi connectivity index (χ1v) is 21.7. The second-order valence-electron chi connectivity index (χ2n) is 10.4. The van der Waals surface area contributed by atoms with E-state index in [1.807, 2.05) is 42.6 Å². The predicted octanol–water partition coefficient (Wildman–Crippen LogP) is 9.19. The Morgan fingerprint density at radius 2 is 1.32 bits per heavy atom. The molecular formula is C34H41NOSn. The zero-order valence-electron chi connectivity index (χ0n) is 22.8. The van der Waals surface area contributed by atoms with Gasteiger partial charge in [0.2, 0.25) is 0 Å². The molecule has 0 spiro atoms. The standard InChI is InChI=1S/C22H14NO.3C4H9.Sn/c24-22(17-9-2-1-3-10-17)21-18-11-5-4-8-16(18)13-14-19(21)20-12-6-7-15-23-20;3*1-3-4-2;/h1-13,15H;3*1,3-4H2,2H3;. The Morgan fingerprint density at radius 1 is 0.730 bits per heavy atom. The molecule has 37 heavy (non-hydrogen) atoms. The van der Waals surface area contributed by atoms with Crippen molar-refractivity contribution in [1.82, 2.24) is 4.98 Å². The molecule has 0 saturated carbocycles. The average Bonchev–Trinajstić information content (AvgIpc) is 2.96. The van der Waals surface area contributed by atoms with Crippen LogP contribution in [0.25, 0.3) is 22.0 Å². The first-order chi connectivity index (χ1) is 18.1. The van der Waals surface area contributed by atoms with Crippen LogP contribution in [0.4, 0.5) is 0 Å². The summed E-state index contributed by atoms with van der Waals surface area (Å²) in [6.45, 7) is 6.96. The van der Waals surface area contributed by atoms with E-state index in [9.17, 15) is 4.79 Å². The average molecular weight is 598 g/mol. The van der Waals surface area contributed by atoms with Crippen molar-refractivity contribution in [1.29, 1.82) is 0 Å². The summed E-state index contributed by atoms with van der Waals surface area (Å²) in [7, 11) is 0. The zero-order valence-corrected chi connectivity index (χ0v) is 25.7.